The zero-order valence-electron chi connectivity index (χ0n) is 12.9. The van der Waals surface area contributed by atoms with Gasteiger partial charge in [-0.25, -0.2) is 0 Å². The first kappa shape index (κ1) is 15.1. The minimum Gasteiger partial charge on any atom is -0.464 e. The number of carbonyl (C=O) groups excluding carboxylic acids is 1. The molecule has 0 spiro atoms. The highest BCUT2D eigenvalue weighted by Crippen LogP contribution is 2.22. The van der Waals surface area contributed by atoms with E-state index in [1.54, 1.807) is 6.26 Å². The van der Waals surface area contributed by atoms with Gasteiger partial charge in [0.25, 0.3) is 0 Å². The largest absolute Gasteiger partial charge is 0.464 e. The van der Waals surface area contributed by atoms with Crippen LogP contribution in [0.25, 0.3) is 11.0 Å². The van der Waals surface area contributed by atoms with Gasteiger partial charge in [-0.15, -0.1) is 0 Å². The van der Waals surface area contributed by atoms with Crippen LogP contribution in [0.5, 0.6) is 0 Å². The molecule has 2 aromatic rings. The predicted octanol–water partition coefficient (Wildman–Crippen LogP) is 1.73. The van der Waals surface area contributed by atoms with Crippen LogP contribution in [-0.2, 0) is 16.0 Å². The van der Waals surface area contributed by atoms with Gasteiger partial charge in [0.15, 0.2) is 0 Å². The van der Waals surface area contributed by atoms with Crippen LogP contribution in [0.3, 0.4) is 0 Å². The Morgan fingerprint density at radius 3 is 2.95 bits per heavy atom. The lowest BCUT2D eigenvalue weighted by molar-refractivity contribution is -0.120. The monoisotopic (exact) mass is 302 g/mol. The molecule has 1 N–H and O–H groups in total. The van der Waals surface area contributed by atoms with Gasteiger partial charge in [0.2, 0.25) is 5.91 Å². The Balaban J connectivity index is 1.51. The fraction of sp³-hybridized carbons (Fsp3) is 0.471. The number of nitrogens with one attached hydrogen (secondary N) is 1. The Labute approximate surface area is 130 Å². The summed E-state index contributed by atoms with van der Waals surface area (Å²) in [5.74, 6) is 0.0393. The zero-order chi connectivity index (χ0) is 15.4. The number of nitrogens with zero attached hydrogens (tertiary/aromatic N) is 1. The molecule has 1 aliphatic rings. The van der Waals surface area contributed by atoms with Gasteiger partial charge in [-0.3, -0.25) is 9.69 Å². The zero-order valence-corrected chi connectivity index (χ0v) is 12.9. The number of hydrogen-bond donors (Lipinski definition) is 1. The first-order valence-corrected chi connectivity index (χ1v) is 7.76. The number of aryl methyl sites for hydroxylation is 1. The van der Waals surface area contributed by atoms with Crippen LogP contribution in [0.1, 0.15) is 11.1 Å². The first-order chi connectivity index (χ1) is 10.7. The van der Waals surface area contributed by atoms with Crippen molar-refractivity contribution in [2.45, 2.75) is 13.3 Å². The van der Waals surface area contributed by atoms with Crippen LogP contribution >= 0.6 is 0 Å². The summed E-state index contributed by atoms with van der Waals surface area (Å²) in [6, 6.07) is 6.03. The molecular formula is C17H22N2O3. The average Bonchev–Trinajstić information content (AvgIpc) is 2.90. The minimum absolute atomic E-state index is 0.0393. The van der Waals surface area contributed by atoms with Crippen molar-refractivity contribution in [3.8, 4) is 0 Å². The molecule has 3 rings (SSSR count). The Kier molecular flexibility index (Phi) is 4.75. The van der Waals surface area contributed by atoms with Crippen LogP contribution in [0.2, 0.25) is 0 Å². The number of rotatable bonds is 5. The number of carbonyl (C=O) groups is 1. The quantitative estimate of drug-likeness (QED) is 0.914. The van der Waals surface area contributed by atoms with Crippen molar-refractivity contribution in [3.05, 3.63) is 35.6 Å². The molecule has 0 aliphatic carbocycles. The van der Waals surface area contributed by atoms with E-state index in [-0.39, 0.29) is 5.91 Å². The van der Waals surface area contributed by atoms with Gasteiger partial charge in [-0.1, -0.05) is 11.6 Å². The molecule has 1 aromatic carbocycles. The van der Waals surface area contributed by atoms with E-state index < -0.39 is 0 Å². The van der Waals surface area contributed by atoms with Gasteiger partial charge in [0.05, 0.1) is 25.9 Å². The van der Waals surface area contributed by atoms with Crippen molar-refractivity contribution in [2.75, 3.05) is 39.4 Å². The number of fused-ring (bicyclic) bond motifs is 1. The maximum Gasteiger partial charge on any atom is 0.224 e. The lowest BCUT2D eigenvalue weighted by Gasteiger charge is -2.26. The van der Waals surface area contributed by atoms with E-state index in [1.807, 2.05) is 19.1 Å². The third kappa shape index (κ3) is 3.67. The van der Waals surface area contributed by atoms with Crippen LogP contribution in [0.4, 0.5) is 0 Å². The summed E-state index contributed by atoms with van der Waals surface area (Å²) < 4.78 is 10.8. The fourth-order valence-corrected chi connectivity index (χ4v) is 2.75. The molecule has 1 amide bonds. The average molecular weight is 302 g/mol. The van der Waals surface area contributed by atoms with Crippen LogP contribution < -0.4 is 5.32 Å². The number of amides is 1. The summed E-state index contributed by atoms with van der Waals surface area (Å²) in [4.78, 5) is 14.4. The molecular weight excluding hydrogens is 280 g/mol. The Hall–Kier alpha value is -1.85. The molecule has 118 valence electrons. The van der Waals surface area contributed by atoms with Crippen LogP contribution in [0.15, 0.2) is 28.9 Å². The number of ether oxygens (including phenoxy) is 1. The second-order valence-corrected chi connectivity index (χ2v) is 5.74. The molecule has 0 saturated carbocycles. The van der Waals surface area contributed by atoms with Crippen molar-refractivity contribution < 1.29 is 13.9 Å². The second kappa shape index (κ2) is 6.94. The van der Waals surface area contributed by atoms with E-state index in [9.17, 15) is 4.79 Å². The molecule has 0 radical (unpaired) electrons. The van der Waals surface area contributed by atoms with Gasteiger partial charge < -0.3 is 14.5 Å². The van der Waals surface area contributed by atoms with E-state index in [0.29, 0.717) is 13.0 Å². The predicted molar refractivity (Wildman–Crippen MR) is 84.9 cm³/mol. The number of hydrogen-bond acceptors (Lipinski definition) is 4. The molecule has 1 fully saturated rings. The first-order valence-electron chi connectivity index (χ1n) is 7.76. The van der Waals surface area contributed by atoms with Gasteiger partial charge in [-0.2, -0.15) is 0 Å². The third-order valence-electron chi connectivity index (χ3n) is 4.01. The highest BCUT2D eigenvalue weighted by molar-refractivity contribution is 5.87. The molecule has 1 saturated heterocycles. The highest BCUT2D eigenvalue weighted by Gasteiger charge is 2.12. The standard InChI is InChI=1S/C17H22N2O3/c1-13-2-3-16-15(10-13)14(12-22-16)11-17(20)18-4-5-19-6-8-21-9-7-19/h2-3,10,12H,4-9,11H2,1H3,(H,18,20). The summed E-state index contributed by atoms with van der Waals surface area (Å²) in [5, 5.41) is 4.02. The summed E-state index contributed by atoms with van der Waals surface area (Å²) in [6.07, 6.45) is 2.05. The third-order valence-corrected chi connectivity index (χ3v) is 4.01. The molecule has 0 unspecified atom stereocenters. The Bertz CT molecular complexity index is 644. The molecule has 22 heavy (non-hydrogen) atoms. The molecule has 1 aromatic heterocycles. The van der Waals surface area contributed by atoms with Crippen molar-refractivity contribution >= 4 is 16.9 Å². The normalized spacial score (nSPS) is 16.0. The minimum atomic E-state index is 0.0393. The van der Waals surface area contributed by atoms with E-state index >= 15 is 0 Å². The smallest absolute Gasteiger partial charge is 0.224 e. The van der Waals surface area contributed by atoms with E-state index in [2.05, 4.69) is 16.3 Å². The fourth-order valence-electron chi connectivity index (χ4n) is 2.75. The van der Waals surface area contributed by atoms with Crippen molar-refractivity contribution in [3.63, 3.8) is 0 Å². The summed E-state index contributed by atoms with van der Waals surface area (Å²) in [7, 11) is 0. The van der Waals surface area contributed by atoms with Crippen LogP contribution in [0, 0.1) is 6.92 Å². The molecule has 5 nitrogen and oxygen atoms in total. The molecule has 1 aliphatic heterocycles. The number of morpholine rings is 1. The number of furan rings is 1. The topological polar surface area (TPSA) is 54.7 Å². The lowest BCUT2D eigenvalue weighted by Crippen LogP contribution is -2.41. The summed E-state index contributed by atoms with van der Waals surface area (Å²) in [5.41, 5.74) is 2.95. The lowest BCUT2D eigenvalue weighted by atomic mass is 10.1. The molecule has 0 atom stereocenters. The van der Waals surface area contributed by atoms with Crippen molar-refractivity contribution in [2.24, 2.45) is 0 Å². The summed E-state index contributed by atoms with van der Waals surface area (Å²) in [6.45, 7) is 7.05. The Morgan fingerprint density at radius 1 is 1.32 bits per heavy atom. The maximum absolute atomic E-state index is 12.1. The highest BCUT2D eigenvalue weighted by atomic mass is 16.5. The van der Waals surface area contributed by atoms with Gasteiger partial charge >= 0.3 is 0 Å². The van der Waals surface area contributed by atoms with Gasteiger partial charge in [0, 0.05) is 37.1 Å². The van der Waals surface area contributed by atoms with Gasteiger partial charge in [-0.05, 0) is 19.1 Å². The molecule has 5 heteroatoms. The van der Waals surface area contributed by atoms with Gasteiger partial charge in [0.1, 0.15) is 5.58 Å². The van der Waals surface area contributed by atoms with Crippen molar-refractivity contribution in [1.29, 1.82) is 0 Å². The Morgan fingerprint density at radius 2 is 2.14 bits per heavy atom. The van der Waals surface area contributed by atoms with E-state index in [4.69, 9.17) is 9.15 Å². The number of benzene rings is 1. The SMILES string of the molecule is Cc1ccc2occ(CC(=O)NCCN3CCOCC3)c2c1. The van der Waals surface area contributed by atoms with E-state index in [1.165, 1.54) is 5.56 Å². The summed E-state index contributed by atoms with van der Waals surface area (Å²) >= 11 is 0. The van der Waals surface area contributed by atoms with Crippen LogP contribution in [-0.4, -0.2) is 50.2 Å². The second-order valence-electron chi connectivity index (χ2n) is 5.74. The molecule has 2 heterocycles. The maximum atomic E-state index is 12.1. The van der Waals surface area contributed by atoms with E-state index in [0.717, 1.165) is 49.4 Å². The molecule has 0 bridgehead atoms. The van der Waals surface area contributed by atoms with Crippen molar-refractivity contribution in [1.82, 2.24) is 10.2 Å².